The maximum atomic E-state index is 11.8. The Morgan fingerprint density at radius 2 is 2.09 bits per heavy atom. The van der Waals surface area contributed by atoms with Gasteiger partial charge in [0.05, 0.1) is 5.69 Å². The molecule has 22 heavy (non-hydrogen) atoms. The molecule has 2 aliphatic rings. The first kappa shape index (κ1) is 13.8. The number of carbonyl (C=O) groups excluding carboxylic acids is 1. The maximum Gasteiger partial charge on any atom is 0.228 e. The van der Waals surface area contributed by atoms with Crippen LogP contribution in [0.3, 0.4) is 0 Å². The Morgan fingerprint density at radius 3 is 2.86 bits per heavy atom. The first-order chi connectivity index (χ1) is 10.8. The van der Waals surface area contributed by atoms with Crippen LogP contribution in [0.15, 0.2) is 18.3 Å². The largest absolute Gasteiger partial charge is 0.316 e. The van der Waals surface area contributed by atoms with Crippen LogP contribution in [-0.4, -0.2) is 35.5 Å². The molecule has 1 fully saturated rings. The van der Waals surface area contributed by atoms with Crippen molar-refractivity contribution in [2.24, 2.45) is 0 Å². The number of rotatable bonds is 2. The van der Waals surface area contributed by atoms with Crippen LogP contribution in [0.4, 0.5) is 5.82 Å². The second-order valence-electron chi connectivity index (χ2n) is 5.69. The van der Waals surface area contributed by atoms with Gasteiger partial charge in [0.2, 0.25) is 5.91 Å². The number of nitrogens with zero attached hydrogens (tertiary/aromatic N) is 3. The summed E-state index contributed by atoms with van der Waals surface area (Å²) in [5.41, 5.74) is 2.27. The Hall–Kier alpha value is -1.79. The van der Waals surface area contributed by atoms with Crippen LogP contribution in [0.2, 0.25) is 0 Å². The SMILES string of the molecule is O=C1CCCN1c1ccc(-c2nc3c(s2)CCNCC3)cn1. The maximum absolute atomic E-state index is 11.8. The molecule has 1 saturated heterocycles. The Balaban J connectivity index is 1.59. The fraction of sp³-hybridized carbons (Fsp3) is 0.438. The topological polar surface area (TPSA) is 58.1 Å². The number of hydrogen-bond acceptors (Lipinski definition) is 5. The summed E-state index contributed by atoms with van der Waals surface area (Å²) in [5.74, 6) is 0.933. The lowest BCUT2D eigenvalue weighted by atomic mass is 10.2. The second-order valence-corrected chi connectivity index (χ2v) is 6.78. The zero-order valence-electron chi connectivity index (χ0n) is 12.3. The van der Waals surface area contributed by atoms with E-state index in [-0.39, 0.29) is 5.91 Å². The molecular formula is C16H18N4OS. The Morgan fingerprint density at radius 1 is 1.18 bits per heavy atom. The molecule has 114 valence electrons. The minimum atomic E-state index is 0.175. The molecule has 0 saturated carbocycles. The molecule has 0 aromatic carbocycles. The fourth-order valence-corrected chi connectivity index (χ4v) is 4.09. The minimum absolute atomic E-state index is 0.175. The first-order valence-corrected chi connectivity index (χ1v) is 8.59. The highest BCUT2D eigenvalue weighted by molar-refractivity contribution is 7.15. The number of pyridine rings is 1. The summed E-state index contributed by atoms with van der Waals surface area (Å²) in [6.07, 6.45) is 5.46. The summed E-state index contributed by atoms with van der Waals surface area (Å²) in [4.78, 5) is 24.2. The highest BCUT2D eigenvalue weighted by atomic mass is 32.1. The van der Waals surface area contributed by atoms with Crippen LogP contribution in [0.1, 0.15) is 23.4 Å². The molecule has 1 N–H and O–H groups in total. The van der Waals surface area contributed by atoms with Gasteiger partial charge in [0.1, 0.15) is 10.8 Å². The van der Waals surface area contributed by atoms with Crippen molar-refractivity contribution in [2.75, 3.05) is 24.5 Å². The number of hydrogen-bond donors (Lipinski definition) is 1. The molecule has 0 bridgehead atoms. The molecule has 0 aliphatic carbocycles. The van der Waals surface area contributed by atoms with Crippen molar-refractivity contribution in [1.82, 2.24) is 15.3 Å². The van der Waals surface area contributed by atoms with Crippen LogP contribution in [0, 0.1) is 0 Å². The lowest BCUT2D eigenvalue weighted by Crippen LogP contribution is -2.24. The van der Waals surface area contributed by atoms with Crippen LogP contribution in [0.5, 0.6) is 0 Å². The third-order valence-electron chi connectivity index (χ3n) is 4.19. The summed E-state index contributed by atoms with van der Waals surface area (Å²) in [6.45, 7) is 2.82. The molecule has 4 rings (SSSR count). The first-order valence-electron chi connectivity index (χ1n) is 7.77. The van der Waals surface area contributed by atoms with Gasteiger partial charge in [-0.1, -0.05) is 0 Å². The van der Waals surface area contributed by atoms with E-state index in [9.17, 15) is 4.79 Å². The van der Waals surface area contributed by atoms with Gasteiger partial charge in [0.15, 0.2) is 0 Å². The average Bonchev–Trinajstić information content (AvgIpc) is 3.08. The fourth-order valence-electron chi connectivity index (χ4n) is 2.99. The van der Waals surface area contributed by atoms with E-state index in [0.717, 1.165) is 55.3 Å². The van der Waals surface area contributed by atoms with Crippen LogP contribution in [-0.2, 0) is 17.6 Å². The molecule has 0 unspecified atom stereocenters. The van der Waals surface area contributed by atoms with Gasteiger partial charge in [-0.15, -0.1) is 11.3 Å². The van der Waals surface area contributed by atoms with Gasteiger partial charge in [-0.25, -0.2) is 9.97 Å². The van der Waals surface area contributed by atoms with E-state index < -0.39 is 0 Å². The predicted molar refractivity (Wildman–Crippen MR) is 87.2 cm³/mol. The van der Waals surface area contributed by atoms with Crippen LogP contribution < -0.4 is 10.2 Å². The van der Waals surface area contributed by atoms with E-state index >= 15 is 0 Å². The lowest BCUT2D eigenvalue weighted by molar-refractivity contribution is -0.117. The number of carbonyl (C=O) groups is 1. The van der Waals surface area contributed by atoms with Gasteiger partial charge < -0.3 is 5.32 Å². The predicted octanol–water partition coefficient (Wildman–Crippen LogP) is 2.02. The smallest absolute Gasteiger partial charge is 0.228 e. The molecule has 0 atom stereocenters. The van der Waals surface area contributed by atoms with Crippen molar-refractivity contribution in [1.29, 1.82) is 0 Å². The number of fused-ring (bicyclic) bond motifs is 1. The summed E-state index contributed by atoms with van der Waals surface area (Å²) in [6, 6.07) is 3.97. The van der Waals surface area contributed by atoms with E-state index in [4.69, 9.17) is 4.98 Å². The van der Waals surface area contributed by atoms with Crippen molar-refractivity contribution in [2.45, 2.75) is 25.7 Å². The van der Waals surface area contributed by atoms with Gasteiger partial charge in [0, 0.05) is 49.1 Å². The molecule has 0 radical (unpaired) electrons. The Bertz CT molecular complexity index is 671. The van der Waals surface area contributed by atoms with Gasteiger partial charge >= 0.3 is 0 Å². The number of anilines is 1. The van der Waals surface area contributed by atoms with Gasteiger partial charge in [0.25, 0.3) is 0 Å². The van der Waals surface area contributed by atoms with Crippen molar-refractivity contribution in [3.63, 3.8) is 0 Å². The van der Waals surface area contributed by atoms with Gasteiger partial charge in [-0.05, 0) is 25.0 Å². The van der Waals surface area contributed by atoms with Gasteiger partial charge in [-0.3, -0.25) is 9.69 Å². The minimum Gasteiger partial charge on any atom is -0.316 e. The van der Waals surface area contributed by atoms with Crippen LogP contribution in [0.25, 0.3) is 10.6 Å². The third-order valence-corrected chi connectivity index (χ3v) is 5.40. The number of aromatic nitrogens is 2. The average molecular weight is 314 g/mol. The highest BCUT2D eigenvalue weighted by Gasteiger charge is 2.22. The highest BCUT2D eigenvalue weighted by Crippen LogP contribution is 2.30. The standard InChI is InChI=1S/C16H18N4OS/c21-15-2-1-9-20(15)14-4-3-11(10-18-14)16-19-12-5-7-17-8-6-13(12)22-16/h3-4,10,17H,1-2,5-9H2. The van der Waals surface area contributed by atoms with Crippen LogP contribution >= 0.6 is 11.3 Å². The normalized spacial score (nSPS) is 18.4. The zero-order chi connectivity index (χ0) is 14.9. The molecular weight excluding hydrogens is 296 g/mol. The quantitative estimate of drug-likeness (QED) is 0.921. The van der Waals surface area contributed by atoms with Crippen molar-refractivity contribution in [3.8, 4) is 10.6 Å². The van der Waals surface area contributed by atoms with E-state index in [1.54, 1.807) is 16.2 Å². The molecule has 2 aromatic heterocycles. The van der Waals surface area contributed by atoms with E-state index in [1.165, 1.54) is 10.6 Å². The molecule has 2 aromatic rings. The molecule has 4 heterocycles. The molecule has 1 amide bonds. The molecule has 0 spiro atoms. The van der Waals surface area contributed by atoms with Crippen molar-refractivity contribution in [3.05, 3.63) is 28.9 Å². The monoisotopic (exact) mass is 314 g/mol. The number of thiazole rings is 1. The van der Waals surface area contributed by atoms with Crippen molar-refractivity contribution >= 4 is 23.1 Å². The molecule has 2 aliphatic heterocycles. The van der Waals surface area contributed by atoms with E-state index in [2.05, 4.69) is 10.3 Å². The lowest BCUT2D eigenvalue weighted by Gasteiger charge is -2.14. The van der Waals surface area contributed by atoms with E-state index in [0.29, 0.717) is 6.42 Å². The van der Waals surface area contributed by atoms with Crippen molar-refractivity contribution < 1.29 is 4.79 Å². The molecule has 5 nitrogen and oxygen atoms in total. The summed E-state index contributed by atoms with van der Waals surface area (Å²) >= 11 is 1.77. The molecule has 6 heteroatoms. The second kappa shape index (κ2) is 5.78. The Kier molecular flexibility index (Phi) is 3.63. The number of amides is 1. The zero-order valence-corrected chi connectivity index (χ0v) is 13.2. The summed E-state index contributed by atoms with van der Waals surface area (Å²) in [5, 5.41) is 4.44. The Labute approximate surface area is 133 Å². The third kappa shape index (κ3) is 2.53. The van der Waals surface area contributed by atoms with Gasteiger partial charge in [-0.2, -0.15) is 0 Å². The summed E-state index contributed by atoms with van der Waals surface area (Å²) in [7, 11) is 0. The number of nitrogens with one attached hydrogen (secondary N) is 1. The van der Waals surface area contributed by atoms with E-state index in [1.807, 2.05) is 18.3 Å². The summed E-state index contributed by atoms with van der Waals surface area (Å²) < 4.78 is 0.